The minimum absolute atomic E-state index is 0.576. The first-order valence-electron chi connectivity index (χ1n) is 5.21. The van der Waals surface area contributed by atoms with Gasteiger partial charge in [-0.25, -0.2) is 0 Å². The second kappa shape index (κ2) is 4.58. The highest BCUT2D eigenvalue weighted by molar-refractivity contribution is 5.25. The van der Waals surface area contributed by atoms with Gasteiger partial charge in [0.15, 0.2) is 0 Å². The summed E-state index contributed by atoms with van der Waals surface area (Å²) in [5, 5.41) is 3.49. The summed E-state index contributed by atoms with van der Waals surface area (Å²) in [6.07, 6.45) is 2.56. The molecule has 0 aromatic heterocycles. The number of hydrogen-bond donors (Lipinski definition) is 1. The van der Waals surface area contributed by atoms with E-state index in [4.69, 9.17) is 4.74 Å². The fourth-order valence-corrected chi connectivity index (χ4v) is 1.98. The summed E-state index contributed by atoms with van der Waals surface area (Å²) < 4.78 is 5.08. The third-order valence-electron chi connectivity index (χ3n) is 2.75. The van der Waals surface area contributed by atoms with Crippen LogP contribution in [0.4, 0.5) is 0 Å². The normalized spacial score (nSPS) is 21.4. The van der Waals surface area contributed by atoms with Gasteiger partial charge in [0, 0.05) is 13.2 Å². The van der Waals surface area contributed by atoms with Gasteiger partial charge in [0.25, 0.3) is 0 Å². The maximum absolute atomic E-state index is 5.08. The highest BCUT2D eigenvalue weighted by Crippen LogP contribution is 2.22. The lowest BCUT2D eigenvalue weighted by atomic mass is 10.0. The van der Waals surface area contributed by atoms with Crippen LogP contribution in [0.3, 0.4) is 0 Å². The van der Waals surface area contributed by atoms with E-state index in [-0.39, 0.29) is 0 Å². The molecule has 1 aromatic rings. The summed E-state index contributed by atoms with van der Waals surface area (Å²) in [5.74, 6) is 0. The number of hydrogen-bond acceptors (Lipinski definition) is 2. The molecule has 1 atom stereocenters. The zero-order valence-electron chi connectivity index (χ0n) is 8.62. The Hall–Kier alpha value is -0.860. The molecule has 0 aliphatic carbocycles. The van der Waals surface area contributed by atoms with Crippen LogP contribution < -0.4 is 5.32 Å². The number of methoxy groups -OCH3 is 1. The SMILES string of the molecule is COCc1ccc(C2CCCN2)cc1. The standard InChI is InChI=1S/C12H17NO/c1-14-9-10-4-6-11(7-5-10)12-3-2-8-13-12/h4-7,12-13H,2-3,8-9H2,1H3. The van der Waals surface area contributed by atoms with Crippen molar-refractivity contribution in [3.05, 3.63) is 35.4 Å². The van der Waals surface area contributed by atoms with E-state index in [1.54, 1.807) is 7.11 Å². The van der Waals surface area contributed by atoms with Crippen molar-refractivity contribution in [1.82, 2.24) is 5.32 Å². The predicted molar refractivity (Wildman–Crippen MR) is 57.1 cm³/mol. The summed E-state index contributed by atoms with van der Waals surface area (Å²) in [4.78, 5) is 0. The van der Waals surface area contributed by atoms with Gasteiger partial charge < -0.3 is 10.1 Å². The molecule has 14 heavy (non-hydrogen) atoms. The monoisotopic (exact) mass is 191 g/mol. The first-order valence-corrected chi connectivity index (χ1v) is 5.21. The van der Waals surface area contributed by atoms with E-state index in [0.29, 0.717) is 12.6 Å². The highest BCUT2D eigenvalue weighted by atomic mass is 16.5. The van der Waals surface area contributed by atoms with Crippen LogP contribution in [0, 0.1) is 0 Å². The minimum Gasteiger partial charge on any atom is -0.380 e. The van der Waals surface area contributed by atoms with E-state index in [2.05, 4.69) is 29.6 Å². The number of rotatable bonds is 3. The molecule has 2 nitrogen and oxygen atoms in total. The van der Waals surface area contributed by atoms with Crippen LogP contribution in [0.15, 0.2) is 24.3 Å². The van der Waals surface area contributed by atoms with Crippen molar-refractivity contribution in [2.75, 3.05) is 13.7 Å². The minimum atomic E-state index is 0.576. The van der Waals surface area contributed by atoms with Crippen molar-refractivity contribution >= 4 is 0 Å². The van der Waals surface area contributed by atoms with E-state index in [1.807, 2.05) is 0 Å². The van der Waals surface area contributed by atoms with Gasteiger partial charge in [-0.1, -0.05) is 24.3 Å². The molecule has 0 bridgehead atoms. The molecular weight excluding hydrogens is 174 g/mol. The van der Waals surface area contributed by atoms with Crippen LogP contribution in [0.5, 0.6) is 0 Å². The molecule has 1 saturated heterocycles. The van der Waals surface area contributed by atoms with Gasteiger partial charge in [-0.2, -0.15) is 0 Å². The van der Waals surface area contributed by atoms with Gasteiger partial charge in [0.05, 0.1) is 6.61 Å². The Kier molecular flexibility index (Phi) is 3.17. The molecule has 1 aromatic carbocycles. The topological polar surface area (TPSA) is 21.3 Å². The van der Waals surface area contributed by atoms with E-state index in [1.165, 1.54) is 24.0 Å². The largest absolute Gasteiger partial charge is 0.380 e. The van der Waals surface area contributed by atoms with Gasteiger partial charge in [-0.15, -0.1) is 0 Å². The van der Waals surface area contributed by atoms with Crippen molar-refractivity contribution in [3.63, 3.8) is 0 Å². The third-order valence-corrected chi connectivity index (χ3v) is 2.75. The first-order chi connectivity index (χ1) is 6.90. The predicted octanol–water partition coefficient (Wildman–Crippen LogP) is 2.26. The van der Waals surface area contributed by atoms with E-state index in [0.717, 1.165) is 6.54 Å². The van der Waals surface area contributed by atoms with E-state index in [9.17, 15) is 0 Å². The molecule has 1 aliphatic rings. The molecule has 1 N–H and O–H groups in total. The van der Waals surface area contributed by atoms with Crippen LogP contribution in [-0.4, -0.2) is 13.7 Å². The molecule has 76 valence electrons. The van der Waals surface area contributed by atoms with Crippen molar-refractivity contribution < 1.29 is 4.74 Å². The van der Waals surface area contributed by atoms with Crippen LogP contribution in [0.2, 0.25) is 0 Å². The summed E-state index contributed by atoms with van der Waals surface area (Å²) in [5.41, 5.74) is 2.65. The Balaban J connectivity index is 2.05. The maximum atomic E-state index is 5.08. The Morgan fingerprint density at radius 2 is 2.14 bits per heavy atom. The number of benzene rings is 1. The first kappa shape index (κ1) is 9.69. The lowest BCUT2D eigenvalue weighted by Crippen LogP contribution is -2.12. The second-order valence-corrected chi connectivity index (χ2v) is 3.82. The van der Waals surface area contributed by atoms with Crippen molar-refractivity contribution in [2.45, 2.75) is 25.5 Å². The molecule has 1 fully saturated rings. The molecule has 1 unspecified atom stereocenters. The average Bonchev–Trinajstić information content (AvgIpc) is 2.72. The molecule has 2 heteroatoms. The summed E-state index contributed by atoms with van der Waals surface area (Å²) >= 11 is 0. The zero-order chi connectivity index (χ0) is 9.80. The Labute approximate surface area is 85.3 Å². The second-order valence-electron chi connectivity index (χ2n) is 3.82. The quantitative estimate of drug-likeness (QED) is 0.791. The molecule has 0 spiro atoms. The molecule has 0 saturated carbocycles. The maximum Gasteiger partial charge on any atom is 0.0713 e. The van der Waals surface area contributed by atoms with Gasteiger partial charge in [-0.3, -0.25) is 0 Å². The van der Waals surface area contributed by atoms with Crippen molar-refractivity contribution in [2.24, 2.45) is 0 Å². The highest BCUT2D eigenvalue weighted by Gasteiger charge is 2.15. The molecular formula is C12H17NO. The van der Waals surface area contributed by atoms with Crippen LogP contribution in [-0.2, 0) is 11.3 Å². The number of nitrogens with one attached hydrogen (secondary N) is 1. The lowest BCUT2D eigenvalue weighted by molar-refractivity contribution is 0.185. The fraction of sp³-hybridized carbons (Fsp3) is 0.500. The zero-order valence-corrected chi connectivity index (χ0v) is 8.62. The summed E-state index contributed by atoms with van der Waals surface area (Å²) in [6.45, 7) is 1.86. The molecule has 0 radical (unpaired) electrons. The van der Waals surface area contributed by atoms with Crippen LogP contribution >= 0.6 is 0 Å². The Morgan fingerprint density at radius 1 is 1.36 bits per heavy atom. The molecule has 0 amide bonds. The van der Waals surface area contributed by atoms with Gasteiger partial charge in [0.1, 0.15) is 0 Å². The summed E-state index contributed by atoms with van der Waals surface area (Å²) in [7, 11) is 1.73. The Morgan fingerprint density at radius 3 is 2.71 bits per heavy atom. The molecule has 1 aliphatic heterocycles. The van der Waals surface area contributed by atoms with Gasteiger partial charge in [-0.05, 0) is 30.5 Å². The van der Waals surface area contributed by atoms with Crippen LogP contribution in [0.25, 0.3) is 0 Å². The van der Waals surface area contributed by atoms with E-state index >= 15 is 0 Å². The summed E-state index contributed by atoms with van der Waals surface area (Å²) in [6, 6.07) is 9.29. The average molecular weight is 191 g/mol. The molecule has 1 heterocycles. The fourth-order valence-electron chi connectivity index (χ4n) is 1.98. The smallest absolute Gasteiger partial charge is 0.0713 e. The van der Waals surface area contributed by atoms with Gasteiger partial charge >= 0.3 is 0 Å². The molecule has 2 rings (SSSR count). The van der Waals surface area contributed by atoms with Gasteiger partial charge in [0.2, 0.25) is 0 Å². The van der Waals surface area contributed by atoms with Crippen molar-refractivity contribution in [1.29, 1.82) is 0 Å². The third kappa shape index (κ3) is 2.14. The lowest BCUT2D eigenvalue weighted by Gasteiger charge is -2.10. The van der Waals surface area contributed by atoms with Crippen LogP contribution in [0.1, 0.15) is 30.0 Å². The Bertz CT molecular complexity index is 275. The van der Waals surface area contributed by atoms with E-state index < -0.39 is 0 Å². The number of ether oxygens (including phenoxy) is 1. The van der Waals surface area contributed by atoms with Crippen molar-refractivity contribution in [3.8, 4) is 0 Å².